The molecule has 0 heterocycles. The van der Waals surface area contributed by atoms with Crippen molar-refractivity contribution in [1.82, 2.24) is 0 Å². The van der Waals surface area contributed by atoms with Gasteiger partial charge in [0.1, 0.15) is 17.7 Å². The quantitative estimate of drug-likeness (QED) is 0.377. The van der Waals surface area contributed by atoms with E-state index in [1.165, 1.54) is 17.8 Å². The largest absolute Gasteiger partial charge is 0.192 e. The van der Waals surface area contributed by atoms with Crippen molar-refractivity contribution in [3.8, 4) is 12.1 Å². The molecule has 2 nitrogen and oxygen atoms in total. The van der Waals surface area contributed by atoms with E-state index >= 15 is 0 Å². The molecule has 0 fully saturated rings. The molecular formula is C18H10Cl2N2S. The fraction of sp³-hybridized carbons (Fsp3) is 0. The van der Waals surface area contributed by atoms with E-state index in [0.717, 1.165) is 15.4 Å². The van der Waals surface area contributed by atoms with E-state index in [0.29, 0.717) is 10.0 Å². The Morgan fingerprint density at radius 2 is 1.35 bits per heavy atom. The van der Waals surface area contributed by atoms with Crippen LogP contribution < -0.4 is 0 Å². The summed E-state index contributed by atoms with van der Waals surface area (Å²) in [5.41, 5.74) is 0.994. The van der Waals surface area contributed by atoms with Crippen LogP contribution in [0.25, 0.3) is 4.91 Å². The Morgan fingerprint density at radius 1 is 0.826 bits per heavy atom. The van der Waals surface area contributed by atoms with Crippen LogP contribution in [0.1, 0.15) is 5.56 Å². The molecule has 0 bridgehead atoms. The Labute approximate surface area is 149 Å². The molecule has 0 radical (unpaired) electrons. The Bertz CT molecular complexity index is 807. The van der Waals surface area contributed by atoms with Gasteiger partial charge in [-0.3, -0.25) is 0 Å². The Morgan fingerprint density at radius 3 is 1.87 bits per heavy atom. The van der Waals surface area contributed by atoms with Gasteiger partial charge in [0.15, 0.2) is 0 Å². The molecular weight excluding hydrogens is 347 g/mol. The molecule has 0 saturated carbocycles. The second-order valence-electron chi connectivity index (χ2n) is 4.40. The minimum atomic E-state index is 0.0492. The van der Waals surface area contributed by atoms with Crippen LogP contribution in [0.2, 0.25) is 10.0 Å². The third-order valence-electron chi connectivity index (χ3n) is 2.81. The summed E-state index contributed by atoms with van der Waals surface area (Å²) in [7, 11) is 0. The van der Waals surface area contributed by atoms with E-state index in [4.69, 9.17) is 33.7 Å². The molecule has 23 heavy (non-hydrogen) atoms. The fourth-order valence-corrected chi connectivity index (χ4v) is 2.86. The zero-order chi connectivity index (χ0) is 16.7. The van der Waals surface area contributed by atoms with Crippen molar-refractivity contribution in [2.75, 3.05) is 0 Å². The lowest BCUT2D eigenvalue weighted by molar-refractivity contribution is 1.46. The molecule has 112 valence electrons. The number of nitrogens with zero attached hydrogens (tertiary/aromatic N) is 2. The molecule has 0 N–H and O–H groups in total. The summed E-state index contributed by atoms with van der Waals surface area (Å²) in [5, 5.41) is 19.0. The molecule has 0 atom stereocenters. The van der Waals surface area contributed by atoms with E-state index < -0.39 is 0 Å². The SMILES string of the molecule is N#CC(C#N)=C/C=C(/Sc1ccc(Cl)cc1)c1ccc(Cl)cc1. The maximum atomic E-state index is 8.86. The predicted molar refractivity (Wildman–Crippen MR) is 96.0 cm³/mol. The molecule has 0 aliphatic carbocycles. The van der Waals surface area contributed by atoms with Gasteiger partial charge in [-0.15, -0.1) is 0 Å². The Hall–Kier alpha value is -2.17. The number of hydrogen-bond donors (Lipinski definition) is 0. The number of allylic oxidation sites excluding steroid dienone is 3. The number of nitriles is 2. The van der Waals surface area contributed by atoms with Crippen LogP contribution >= 0.6 is 35.0 Å². The molecule has 5 heteroatoms. The minimum Gasteiger partial charge on any atom is -0.192 e. The highest BCUT2D eigenvalue weighted by molar-refractivity contribution is 8.08. The molecule has 0 saturated heterocycles. The van der Waals surface area contributed by atoms with Gasteiger partial charge in [0, 0.05) is 19.8 Å². The average molecular weight is 357 g/mol. The lowest BCUT2D eigenvalue weighted by atomic mass is 10.2. The molecule has 0 spiro atoms. The zero-order valence-corrected chi connectivity index (χ0v) is 14.2. The van der Waals surface area contributed by atoms with E-state index in [1.807, 2.05) is 48.5 Å². The summed E-state index contributed by atoms with van der Waals surface area (Å²) < 4.78 is 0. The van der Waals surface area contributed by atoms with Gasteiger partial charge in [-0.05, 0) is 54.1 Å². The molecule has 0 aliphatic heterocycles. The molecule has 0 aromatic heterocycles. The van der Waals surface area contributed by atoms with Crippen LogP contribution in [0.15, 0.2) is 71.2 Å². The number of rotatable bonds is 4. The van der Waals surface area contributed by atoms with Crippen LogP contribution in [-0.4, -0.2) is 0 Å². The summed E-state index contributed by atoms with van der Waals surface area (Å²) in [6.45, 7) is 0. The van der Waals surface area contributed by atoms with Gasteiger partial charge >= 0.3 is 0 Å². The number of thioether (sulfide) groups is 1. The average Bonchev–Trinajstić information content (AvgIpc) is 2.57. The molecule has 0 unspecified atom stereocenters. The number of halogens is 2. The van der Waals surface area contributed by atoms with Gasteiger partial charge in [0.05, 0.1) is 0 Å². The maximum Gasteiger partial charge on any atom is 0.129 e. The van der Waals surface area contributed by atoms with Crippen molar-refractivity contribution in [2.45, 2.75) is 4.90 Å². The topological polar surface area (TPSA) is 47.6 Å². The van der Waals surface area contributed by atoms with Gasteiger partial charge in [-0.1, -0.05) is 47.1 Å². The van der Waals surface area contributed by atoms with Crippen molar-refractivity contribution in [2.24, 2.45) is 0 Å². The number of benzene rings is 2. The minimum absolute atomic E-state index is 0.0492. The molecule has 0 aliphatic rings. The summed E-state index contributed by atoms with van der Waals surface area (Å²) in [4.78, 5) is 1.89. The first-order valence-electron chi connectivity index (χ1n) is 6.54. The van der Waals surface area contributed by atoms with Crippen LogP contribution in [0.4, 0.5) is 0 Å². The zero-order valence-electron chi connectivity index (χ0n) is 11.8. The summed E-state index contributed by atoms with van der Waals surface area (Å²) >= 11 is 13.3. The molecule has 2 rings (SSSR count). The van der Waals surface area contributed by atoms with Crippen molar-refractivity contribution in [3.05, 3.63) is 81.9 Å². The maximum absolute atomic E-state index is 8.86. The van der Waals surface area contributed by atoms with Crippen LogP contribution in [0, 0.1) is 22.7 Å². The van der Waals surface area contributed by atoms with Crippen molar-refractivity contribution < 1.29 is 0 Å². The molecule has 2 aromatic rings. The van der Waals surface area contributed by atoms with Crippen LogP contribution in [0.3, 0.4) is 0 Å². The van der Waals surface area contributed by atoms with Gasteiger partial charge < -0.3 is 0 Å². The lowest BCUT2D eigenvalue weighted by Gasteiger charge is -2.07. The first-order chi connectivity index (χ1) is 11.1. The first kappa shape index (κ1) is 17.2. The normalized spacial score (nSPS) is 10.5. The second kappa shape index (κ2) is 8.46. The van der Waals surface area contributed by atoms with E-state index in [-0.39, 0.29) is 5.57 Å². The van der Waals surface area contributed by atoms with Gasteiger partial charge in [-0.2, -0.15) is 10.5 Å². The van der Waals surface area contributed by atoms with Crippen molar-refractivity contribution in [1.29, 1.82) is 10.5 Å². The van der Waals surface area contributed by atoms with Crippen molar-refractivity contribution in [3.63, 3.8) is 0 Å². The Kier molecular flexibility index (Phi) is 6.32. The third kappa shape index (κ3) is 5.20. The standard InChI is InChI=1S/C18H10Cl2N2S/c19-15-4-2-14(3-5-15)18(10-1-13(11-21)12-22)23-17-8-6-16(20)7-9-17/h1-10H/b18-10+. The monoisotopic (exact) mass is 356 g/mol. The van der Waals surface area contributed by atoms with Crippen LogP contribution in [-0.2, 0) is 0 Å². The van der Waals surface area contributed by atoms with E-state index in [2.05, 4.69) is 0 Å². The van der Waals surface area contributed by atoms with Crippen LogP contribution in [0.5, 0.6) is 0 Å². The highest BCUT2D eigenvalue weighted by Crippen LogP contribution is 2.35. The highest BCUT2D eigenvalue weighted by atomic mass is 35.5. The smallest absolute Gasteiger partial charge is 0.129 e. The highest BCUT2D eigenvalue weighted by Gasteiger charge is 2.05. The van der Waals surface area contributed by atoms with E-state index in [1.54, 1.807) is 18.2 Å². The van der Waals surface area contributed by atoms with E-state index in [9.17, 15) is 0 Å². The first-order valence-corrected chi connectivity index (χ1v) is 8.11. The molecule has 2 aromatic carbocycles. The van der Waals surface area contributed by atoms with Crippen molar-refractivity contribution >= 4 is 39.9 Å². The molecule has 0 amide bonds. The summed E-state index contributed by atoms with van der Waals surface area (Å²) in [6, 6.07) is 18.5. The number of hydrogen-bond acceptors (Lipinski definition) is 3. The summed E-state index contributed by atoms with van der Waals surface area (Å²) in [5.74, 6) is 0. The second-order valence-corrected chi connectivity index (χ2v) is 6.39. The van der Waals surface area contributed by atoms with Gasteiger partial charge in [0.25, 0.3) is 0 Å². The Balaban J connectivity index is 2.39. The predicted octanol–water partition coefficient (Wildman–Crippen LogP) is 6.10. The third-order valence-corrected chi connectivity index (χ3v) is 4.42. The van der Waals surface area contributed by atoms with Gasteiger partial charge in [0.2, 0.25) is 0 Å². The summed E-state index contributed by atoms with van der Waals surface area (Å²) in [6.07, 6.45) is 3.26. The van der Waals surface area contributed by atoms with Gasteiger partial charge in [-0.25, -0.2) is 0 Å². The fourth-order valence-electron chi connectivity index (χ4n) is 1.69. The lowest BCUT2D eigenvalue weighted by Crippen LogP contribution is -1.81.